The zero-order valence-corrected chi connectivity index (χ0v) is 12.8. The van der Waals surface area contributed by atoms with E-state index in [1.165, 1.54) is 25.7 Å². The summed E-state index contributed by atoms with van der Waals surface area (Å²) in [5.74, 6) is 0.187. The van der Waals surface area contributed by atoms with Crippen LogP contribution >= 0.6 is 0 Å². The maximum Gasteiger partial charge on any atom is 0.181 e. The van der Waals surface area contributed by atoms with E-state index in [-0.39, 0.29) is 5.78 Å². The van der Waals surface area contributed by atoms with Gasteiger partial charge in [-0.25, -0.2) is 4.68 Å². The van der Waals surface area contributed by atoms with Crippen molar-refractivity contribution in [3.63, 3.8) is 0 Å². The van der Waals surface area contributed by atoms with Gasteiger partial charge in [0.25, 0.3) is 0 Å². The Balaban J connectivity index is 1.88. The van der Waals surface area contributed by atoms with Gasteiger partial charge in [-0.3, -0.25) is 4.79 Å². The molecule has 1 aromatic heterocycles. The number of aromatic nitrogens is 2. The van der Waals surface area contributed by atoms with E-state index in [0.717, 1.165) is 18.5 Å². The first kappa shape index (κ1) is 15.5. The van der Waals surface area contributed by atoms with Gasteiger partial charge in [0.1, 0.15) is 5.69 Å². The lowest BCUT2D eigenvalue weighted by Crippen LogP contribution is -2.08. The SMILES string of the molecule is CCCCCCCCC(=O)c1ccnn1-c1ccccc1. The molecular weight excluding hydrogens is 260 g/mol. The minimum absolute atomic E-state index is 0.187. The van der Waals surface area contributed by atoms with Crippen LogP contribution in [0.2, 0.25) is 0 Å². The Labute approximate surface area is 127 Å². The third kappa shape index (κ3) is 4.55. The number of carbonyl (C=O) groups excluding carboxylic acids is 1. The monoisotopic (exact) mass is 284 g/mol. The second-order valence-electron chi connectivity index (χ2n) is 5.40. The number of hydrogen-bond donors (Lipinski definition) is 0. The minimum atomic E-state index is 0.187. The zero-order valence-electron chi connectivity index (χ0n) is 12.8. The van der Waals surface area contributed by atoms with E-state index in [0.29, 0.717) is 12.1 Å². The first-order valence-corrected chi connectivity index (χ1v) is 7.95. The van der Waals surface area contributed by atoms with E-state index < -0.39 is 0 Å². The maximum absolute atomic E-state index is 12.3. The first-order valence-electron chi connectivity index (χ1n) is 7.95. The van der Waals surface area contributed by atoms with Crippen LogP contribution in [0.1, 0.15) is 62.4 Å². The highest BCUT2D eigenvalue weighted by molar-refractivity contribution is 5.94. The van der Waals surface area contributed by atoms with Crippen LogP contribution in [-0.4, -0.2) is 15.6 Å². The molecule has 0 N–H and O–H groups in total. The smallest absolute Gasteiger partial charge is 0.181 e. The Kier molecular flexibility index (Phi) is 6.20. The highest BCUT2D eigenvalue weighted by Gasteiger charge is 2.12. The summed E-state index contributed by atoms with van der Waals surface area (Å²) in [5.41, 5.74) is 1.63. The molecule has 1 heterocycles. The number of hydrogen-bond acceptors (Lipinski definition) is 2. The number of unbranched alkanes of at least 4 members (excludes halogenated alkanes) is 5. The Morgan fingerprint density at radius 1 is 1.00 bits per heavy atom. The van der Waals surface area contributed by atoms with E-state index in [4.69, 9.17) is 0 Å². The summed E-state index contributed by atoms with van der Waals surface area (Å²) in [4.78, 5) is 12.3. The van der Waals surface area contributed by atoms with Crippen LogP contribution in [0.15, 0.2) is 42.6 Å². The summed E-state index contributed by atoms with van der Waals surface area (Å²) < 4.78 is 1.74. The van der Waals surface area contributed by atoms with Crippen molar-refractivity contribution in [2.75, 3.05) is 0 Å². The number of para-hydroxylation sites is 1. The minimum Gasteiger partial charge on any atom is -0.292 e. The molecule has 0 unspecified atom stereocenters. The summed E-state index contributed by atoms with van der Waals surface area (Å²) in [6.45, 7) is 2.22. The number of carbonyl (C=O) groups is 1. The highest BCUT2D eigenvalue weighted by Crippen LogP contribution is 2.14. The van der Waals surface area contributed by atoms with Crippen molar-refractivity contribution in [3.05, 3.63) is 48.3 Å². The molecule has 0 aliphatic rings. The summed E-state index contributed by atoms with van der Waals surface area (Å²) >= 11 is 0. The molecule has 0 fully saturated rings. The highest BCUT2D eigenvalue weighted by atomic mass is 16.1. The largest absolute Gasteiger partial charge is 0.292 e. The molecule has 0 atom stereocenters. The summed E-state index contributed by atoms with van der Waals surface area (Å²) in [6, 6.07) is 11.6. The van der Waals surface area contributed by atoms with Crippen molar-refractivity contribution in [2.24, 2.45) is 0 Å². The molecule has 0 amide bonds. The first-order chi connectivity index (χ1) is 10.3. The Hall–Kier alpha value is -1.90. The average molecular weight is 284 g/mol. The molecule has 2 rings (SSSR count). The molecule has 3 nitrogen and oxygen atoms in total. The van der Waals surface area contributed by atoms with Crippen LogP contribution in [0.5, 0.6) is 0 Å². The molecule has 2 aromatic rings. The van der Waals surface area contributed by atoms with Crippen LogP contribution < -0.4 is 0 Å². The Bertz CT molecular complexity index is 545. The third-order valence-corrected chi connectivity index (χ3v) is 3.69. The average Bonchev–Trinajstić information content (AvgIpc) is 3.01. The van der Waals surface area contributed by atoms with Gasteiger partial charge in [-0.1, -0.05) is 57.2 Å². The predicted molar refractivity (Wildman–Crippen MR) is 85.9 cm³/mol. The molecule has 0 spiro atoms. The van der Waals surface area contributed by atoms with Crippen molar-refractivity contribution in [1.82, 2.24) is 9.78 Å². The number of ketones is 1. The second kappa shape index (κ2) is 8.40. The number of nitrogens with zero attached hydrogens (tertiary/aromatic N) is 2. The van der Waals surface area contributed by atoms with Crippen LogP contribution in [0, 0.1) is 0 Å². The van der Waals surface area contributed by atoms with Gasteiger partial charge >= 0.3 is 0 Å². The van der Waals surface area contributed by atoms with Crippen LogP contribution in [0.4, 0.5) is 0 Å². The molecule has 112 valence electrons. The molecule has 21 heavy (non-hydrogen) atoms. The van der Waals surface area contributed by atoms with E-state index in [1.807, 2.05) is 36.4 Å². The van der Waals surface area contributed by atoms with E-state index in [1.54, 1.807) is 10.9 Å². The lowest BCUT2D eigenvalue weighted by molar-refractivity contribution is 0.0971. The van der Waals surface area contributed by atoms with Gasteiger partial charge in [-0.2, -0.15) is 5.10 Å². The summed E-state index contributed by atoms with van der Waals surface area (Å²) in [7, 11) is 0. The standard InChI is InChI=1S/C18H24N2O/c1-2-3-4-5-6-10-13-18(21)17-14-15-19-20(17)16-11-8-7-9-12-16/h7-9,11-12,14-15H,2-6,10,13H2,1H3. The second-order valence-corrected chi connectivity index (χ2v) is 5.40. The van der Waals surface area contributed by atoms with Crippen molar-refractivity contribution >= 4 is 5.78 Å². The Morgan fingerprint density at radius 3 is 2.48 bits per heavy atom. The molecule has 3 heteroatoms. The number of benzene rings is 1. The van der Waals surface area contributed by atoms with Gasteiger partial charge in [0.15, 0.2) is 5.78 Å². The van der Waals surface area contributed by atoms with Gasteiger partial charge in [-0.15, -0.1) is 0 Å². The molecular formula is C18H24N2O. The van der Waals surface area contributed by atoms with Crippen molar-refractivity contribution < 1.29 is 4.79 Å². The lowest BCUT2D eigenvalue weighted by atomic mass is 10.1. The van der Waals surface area contributed by atoms with Gasteiger partial charge in [0.05, 0.1) is 11.9 Å². The molecule has 0 saturated heterocycles. The quantitative estimate of drug-likeness (QED) is 0.489. The van der Waals surface area contributed by atoms with Crippen molar-refractivity contribution in [2.45, 2.75) is 51.9 Å². The van der Waals surface area contributed by atoms with Gasteiger partial charge in [0, 0.05) is 6.42 Å². The lowest BCUT2D eigenvalue weighted by Gasteiger charge is -2.06. The van der Waals surface area contributed by atoms with E-state index in [2.05, 4.69) is 12.0 Å². The van der Waals surface area contributed by atoms with Crippen LogP contribution in [0.3, 0.4) is 0 Å². The number of rotatable bonds is 9. The fraction of sp³-hybridized carbons (Fsp3) is 0.444. The van der Waals surface area contributed by atoms with Crippen LogP contribution in [-0.2, 0) is 0 Å². The third-order valence-electron chi connectivity index (χ3n) is 3.69. The number of Topliss-reactive ketones (excluding diaryl/α,β-unsaturated/α-hetero) is 1. The molecule has 0 bridgehead atoms. The van der Waals surface area contributed by atoms with Gasteiger partial charge in [-0.05, 0) is 24.6 Å². The molecule has 0 saturated carbocycles. The summed E-state index contributed by atoms with van der Waals surface area (Å²) in [5, 5.41) is 4.27. The molecule has 1 aromatic carbocycles. The molecule has 0 aliphatic carbocycles. The van der Waals surface area contributed by atoms with Gasteiger partial charge < -0.3 is 0 Å². The van der Waals surface area contributed by atoms with Gasteiger partial charge in [0.2, 0.25) is 0 Å². The fourth-order valence-electron chi connectivity index (χ4n) is 2.48. The topological polar surface area (TPSA) is 34.9 Å². The zero-order chi connectivity index (χ0) is 14.9. The fourth-order valence-corrected chi connectivity index (χ4v) is 2.48. The van der Waals surface area contributed by atoms with Crippen molar-refractivity contribution in [3.8, 4) is 5.69 Å². The maximum atomic E-state index is 12.3. The normalized spacial score (nSPS) is 10.7. The Morgan fingerprint density at radius 2 is 1.71 bits per heavy atom. The summed E-state index contributed by atoms with van der Waals surface area (Å²) in [6.07, 6.45) is 9.51. The molecule has 0 aliphatic heterocycles. The predicted octanol–water partition coefficient (Wildman–Crippen LogP) is 4.81. The van der Waals surface area contributed by atoms with Crippen LogP contribution in [0.25, 0.3) is 5.69 Å². The molecule has 0 radical (unpaired) electrons. The van der Waals surface area contributed by atoms with Crippen molar-refractivity contribution in [1.29, 1.82) is 0 Å². The van der Waals surface area contributed by atoms with E-state index >= 15 is 0 Å². The van der Waals surface area contributed by atoms with E-state index in [9.17, 15) is 4.79 Å².